The maximum Gasteiger partial charge on any atom is 0.318 e. The fraction of sp³-hybridized carbons (Fsp3) is 0.562. The molecule has 0 spiro atoms. The summed E-state index contributed by atoms with van der Waals surface area (Å²) in [5, 5.41) is 2.96. The Labute approximate surface area is 135 Å². The van der Waals surface area contributed by atoms with E-state index in [9.17, 15) is 9.18 Å². The first-order chi connectivity index (χ1) is 10.5. The second kappa shape index (κ2) is 7.72. The number of urea groups is 1. The van der Waals surface area contributed by atoms with Crippen LogP contribution in [0.25, 0.3) is 0 Å². The molecule has 6 heteroatoms. The largest absolute Gasteiger partial charge is 0.494 e. The lowest BCUT2D eigenvalue weighted by atomic mass is 10.1. The van der Waals surface area contributed by atoms with Crippen LogP contribution >= 0.6 is 11.8 Å². The third-order valence-electron chi connectivity index (χ3n) is 3.97. The van der Waals surface area contributed by atoms with E-state index in [1.165, 1.54) is 13.2 Å². The molecule has 22 heavy (non-hydrogen) atoms. The van der Waals surface area contributed by atoms with Gasteiger partial charge in [0.1, 0.15) is 0 Å². The molecule has 1 saturated heterocycles. The van der Waals surface area contributed by atoms with Crippen molar-refractivity contribution in [1.29, 1.82) is 0 Å². The third kappa shape index (κ3) is 4.06. The van der Waals surface area contributed by atoms with E-state index in [1.807, 2.05) is 23.6 Å². The molecular formula is C16H23FN2O2S. The topological polar surface area (TPSA) is 41.6 Å². The Morgan fingerprint density at radius 2 is 2.27 bits per heavy atom. The van der Waals surface area contributed by atoms with Crippen LogP contribution in [0.1, 0.15) is 31.9 Å². The van der Waals surface area contributed by atoms with Gasteiger partial charge >= 0.3 is 6.03 Å². The zero-order valence-corrected chi connectivity index (χ0v) is 14.1. The van der Waals surface area contributed by atoms with Crippen LogP contribution in [0.15, 0.2) is 18.2 Å². The number of rotatable bonds is 3. The second-order valence-corrected chi connectivity index (χ2v) is 6.73. The zero-order chi connectivity index (χ0) is 16.1. The van der Waals surface area contributed by atoms with Crippen LogP contribution in [0.3, 0.4) is 0 Å². The maximum absolute atomic E-state index is 13.8. The molecule has 1 aromatic rings. The molecule has 4 nitrogen and oxygen atoms in total. The van der Waals surface area contributed by atoms with Gasteiger partial charge in [-0.05, 0) is 43.7 Å². The van der Waals surface area contributed by atoms with Gasteiger partial charge in [-0.25, -0.2) is 9.18 Å². The third-order valence-corrected chi connectivity index (χ3v) is 4.96. The van der Waals surface area contributed by atoms with Crippen LogP contribution in [0.4, 0.5) is 9.18 Å². The Bertz CT molecular complexity index is 527. The van der Waals surface area contributed by atoms with Crippen molar-refractivity contribution in [3.05, 3.63) is 29.6 Å². The molecule has 122 valence electrons. The molecule has 0 unspecified atom stereocenters. The van der Waals surface area contributed by atoms with Gasteiger partial charge in [-0.2, -0.15) is 11.8 Å². The van der Waals surface area contributed by atoms with Crippen LogP contribution in [-0.4, -0.2) is 42.1 Å². The summed E-state index contributed by atoms with van der Waals surface area (Å²) in [6.45, 7) is 4.68. The standard InChI is InChI=1S/C16H23FN2O2S/c1-11-6-8-22-9-7-19(11)16(20)18-12(2)13-4-5-15(21-3)14(17)10-13/h4-5,10-12H,6-9H2,1-3H3,(H,18,20)/t11-,12-/m1/s1. The molecule has 0 aromatic heterocycles. The Morgan fingerprint density at radius 1 is 1.50 bits per heavy atom. The Balaban J connectivity index is 2.02. The quantitative estimate of drug-likeness (QED) is 0.925. The molecule has 2 rings (SSSR count). The van der Waals surface area contributed by atoms with Crippen molar-refractivity contribution in [3.8, 4) is 5.75 Å². The lowest BCUT2D eigenvalue weighted by molar-refractivity contribution is 0.180. The molecule has 1 fully saturated rings. The number of hydrogen-bond acceptors (Lipinski definition) is 3. The number of halogens is 1. The van der Waals surface area contributed by atoms with E-state index >= 15 is 0 Å². The molecule has 1 heterocycles. The van der Waals surface area contributed by atoms with Crippen LogP contribution in [-0.2, 0) is 0 Å². The number of hydrogen-bond donors (Lipinski definition) is 1. The van der Waals surface area contributed by atoms with E-state index < -0.39 is 5.82 Å². The number of ether oxygens (including phenoxy) is 1. The number of nitrogens with one attached hydrogen (secondary N) is 1. The highest BCUT2D eigenvalue weighted by molar-refractivity contribution is 7.99. The molecule has 1 aromatic carbocycles. The minimum Gasteiger partial charge on any atom is -0.494 e. The van der Waals surface area contributed by atoms with E-state index in [2.05, 4.69) is 12.2 Å². The lowest BCUT2D eigenvalue weighted by Crippen LogP contribution is -2.46. The van der Waals surface area contributed by atoms with E-state index in [4.69, 9.17) is 4.74 Å². The van der Waals surface area contributed by atoms with Crippen molar-refractivity contribution >= 4 is 17.8 Å². The van der Waals surface area contributed by atoms with Crippen LogP contribution in [0.5, 0.6) is 5.75 Å². The molecule has 2 amide bonds. The van der Waals surface area contributed by atoms with Crippen LogP contribution in [0, 0.1) is 5.82 Å². The van der Waals surface area contributed by atoms with Gasteiger partial charge in [0.15, 0.2) is 11.6 Å². The molecule has 0 radical (unpaired) electrons. The summed E-state index contributed by atoms with van der Waals surface area (Å²) < 4.78 is 18.7. The average Bonchev–Trinajstić information content (AvgIpc) is 2.71. The normalized spacial score (nSPS) is 20.2. The number of methoxy groups -OCH3 is 1. The van der Waals surface area contributed by atoms with Crippen molar-refractivity contribution in [1.82, 2.24) is 10.2 Å². The monoisotopic (exact) mass is 326 g/mol. The molecule has 1 aliphatic rings. The molecular weight excluding hydrogens is 303 g/mol. The van der Waals surface area contributed by atoms with Crippen molar-refractivity contribution in [3.63, 3.8) is 0 Å². The van der Waals surface area contributed by atoms with Gasteiger partial charge in [0, 0.05) is 18.3 Å². The van der Waals surface area contributed by atoms with Gasteiger partial charge < -0.3 is 15.0 Å². The fourth-order valence-corrected chi connectivity index (χ4v) is 3.54. The van der Waals surface area contributed by atoms with Crippen LogP contribution in [0.2, 0.25) is 0 Å². The first-order valence-electron chi connectivity index (χ1n) is 7.51. The van der Waals surface area contributed by atoms with Crippen molar-refractivity contribution in [2.24, 2.45) is 0 Å². The van der Waals surface area contributed by atoms with Gasteiger partial charge in [0.05, 0.1) is 13.2 Å². The minimum absolute atomic E-state index is 0.0845. The first kappa shape index (κ1) is 16.9. The molecule has 1 N–H and O–H groups in total. The van der Waals surface area contributed by atoms with Gasteiger partial charge in [0.25, 0.3) is 0 Å². The summed E-state index contributed by atoms with van der Waals surface area (Å²) in [7, 11) is 1.43. The van der Waals surface area contributed by atoms with Crippen LogP contribution < -0.4 is 10.1 Å². The maximum atomic E-state index is 13.8. The van der Waals surface area contributed by atoms with Gasteiger partial charge in [-0.15, -0.1) is 0 Å². The highest BCUT2D eigenvalue weighted by Crippen LogP contribution is 2.22. The number of amides is 2. The fourth-order valence-electron chi connectivity index (χ4n) is 2.50. The lowest BCUT2D eigenvalue weighted by Gasteiger charge is -2.28. The summed E-state index contributed by atoms with van der Waals surface area (Å²) >= 11 is 1.88. The highest BCUT2D eigenvalue weighted by Gasteiger charge is 2.23. The second-order valence-electron chi connectivity index (χ2n) is 5.51. The van der Waals surface area contributed by atoms with Crippen molar-refractivity contribution in [2.45, 2.75) is 32.4 Å². The summed E-state index contributed by atoms with van der Waals surface area (Å²) in [6, 6.07) is 4.66. The number of thioether (sulfide) groups is 1. The SMILES string of the molecule is COc1ccc([C@@H](C)NC(=O)N2CCSCC[C@H]2C)cc1F. The van der Waals surface area contributed by atoms with Crippen molar-refractivity contribution < 1.29 is 13.9 Å². The van der Waals surface area contributed by atoms with E-state index in [-0.39, 0.29) is 23.9 Å². The van der Waals surface area contributed by atoms with Gasteiger partial charge in [-0.3, -0.25) is 0 Å². The summed E-state index contributed by atoms with van der Waals surface area (Å²) in [6.07, 6.45) is 1.00. The molecule has 0 saturated carbocycles. The predicted octanol–water partition coefficient (Wildman–Crippen LogP) is 3.43. The van der Waals surface area contributed by atoms with E-state index in [0.29, 0.717) is 0 Å². The smallest absolute Gasteiger partial charge is 0.318 e. The van der Waals surface area contributed by atoms with Gasteiger partial charge in [-0.1, -0.05) is 6.07 Å². The summed E-state index contributed by atoms with van der Waals surface area (Å²) in [4.78, 5) is 14.3. The predicted molar refractivity (Wildman–Crippen MR) is 88.0 cm³/mol. The Hall–Kier alpha value is -1.43. The zero-order valence-electron chi connectivity index (χ0n) is 13.3. The number of nitrogens with zero attached hydrogens (tertiary/aromatic N) is 1. The van der Waals surface area contributed by atoms with E-state index in [1.54, 1.807) is 12.1 Å². The highest BCUT2D eigenvalue weighted by atomic mass is 32.2. The molecule has 0 aliphatic carbocycles. The number of benzene rings is 1. The average molecular weight is 326 g/mol. The number of carbonyl (C=O) groups excluding carboxylic acids is 1. The summed E-state index contributed by atoms with van der Waals surface area (Å²) in [5.74, 6) is 1.84. The van der Waals surface area contributed by atoms with Gasteiger partial charge in [0.2, 0.25) is 0 Å². The molecule has 1 aliphatic heterocycles. The van der Waals surface area contributed by atoms with E-state index in [0.717, 1.165) is 30.0 Å². The Kier molecular flexibility index (Phi) is 5.94. The summed E-state index contributed by atoms with van der Waals surface area (Å²) in [5.41, 5.74) is 0.725. The Morgan fingerprint density at radius 3 is 2.95 bits per heavy atom. The molecule has 0 bridgehead atoms. The number of carbonyl (C=O) groups is 1. The minimum atomic E-state index is -0.416. The first-order valence-corrected chi connectivity index (χ1v) is 8.66. The van der Waals surface area contributed by atoms with Crippen molar-refractivity contribution in [2.75, 3.05) is 25.2 Å². The molecule has 2 atom stereocenters.